The third kappa shape index (κ3) is 12.6. The number of aliphatic hydroxyl groups is 2. The number of esters is 4. The van der Waals surface area contributed by atoms with Crippen molar-refractivity contribution in [1.29, 1.82) is 0 Å². The van der Waals surface area contributed by atoms with Crippen LogP contribution in [0.3, 0.4) is 0 Å². The highest BCUT2D eigenvalue weighted by atomic mass is 16.6. The second-order valence-corrected chi connectivity index (χ2v) is 18.3. The minimum atomic E-state index is -1.04. The Hall–Kier alpha value is -2.40. The molecule has 0 spiro atoms. The normalized spacial score (nSPS) is 33.3. The topological polar surface area (TPSA) is 242 Å². The van der Waals surface area contributed by atoms with Gasteiger partial charge in [0.15, 0.2) is 18.7 Å². The van der Waals surface area contributed by atoms with E-state index < -0.39 is 36.0 Å². The summed E-state index contributed by atoms with van der Waals surface area (Å²) < 4.78 is 35.5. The number of hydrogen-bond donors (Lipinski definition) is 5. The number of ether oxygens (including phenoxy) is 6. The van der Waals surface area contributed by atoms with E-state index in [9.17, 15) is 29.4 Å². The number of nitrogens with two attached hydrogens (primary N) is 3. The smallest absolute Gasteiger partial charge is 0.307 e. The molecule has 0 aromatic rings. The Morgan fingerprint density at radius 2 is 1.44 bits per heavy atom. The highest BCUT2D eigenvalue weighted by molar-refractivity contribution is 5.71. The number of hydrogen-bond acceptors (Lipinski definition) is 15. The van der Waals surface area contributed by atoms with E-state index in [0.29, 0.717) is 44.9 Å². The summed E-state index contributed by atoms with van der Waals surface area (Å²) in [6, 6.07) is 0. The molecule has 15 nitrogen and oxygen atoms in total. The predicted molar refractivity (Wildman–Crippen MR) is 219 cm³/mol. The van der Waals surface area contributed by atoms with Gasteiger partial charge in [-0.2, -0.15) is 0 Å². The first-order valence-corrected chi connectivity index (χ1v) is 22.6. The minimum absolute atomic E-state index is 0.0402. The largest absolute Gasteiger partial charge is 0.462 e. The van der Waals surface area contributed by atoms with Gasteiger partial charge in [-0.25, -0.2) is 0 Å². The van der Waals surface area contributed by atoms with Crippen molar-refractivity contribution in [3.05, 3.63) is 0 Å². The van der Waals surface area contributed by atoms with E-state index in [1.165, 1.54) is 0 Å². The van der Waals surface area contributed by atoms with Gasteiger partial charge in [0.2, 0.25) is 0 Å². The van der Waals surface area contributed by atoms with E-state index >= 15 is 0 Å². The monoisotopic (exact) mass is 840 g/mol. The standard InChI is InChI=1S/C44H77N3O12/c1-6-8-36(48)54-25-30(57-38(50)9-7-2)26-55-37(49)13-10-27(3)31-11-12-32-42-33(24-35(44(31,32)5)59-41(53)17-21-47)43(4)18-14-29(56-39(51)15-19-45)22-28(43)23-34(42)58-40(52)16-20-46/h27-36,41-42,48,53H,6-26,45-47H2,1-5H3/t27-,28+,29-,30?,31-,32+,33+,34-,35+,36?,41?,42+,43+,44-/m1/s1. The van der Waals surface area contributed by atoms with E-state index in [1.54, 1.807) is 0 Å². The maximum Gasteiger partial charge on any atom is 0.307 e. The van der Waals surface area contributed by atoms with Gasteiger partial charge in [0.25, 0.3) is 0 Å². The van der Waals surface area contributed by atoms with E-state index in [4.69, 9.17) is 45.6 Å². The number of carbonyl (C=O) groups is 4. The van der Waals surface area contributed by atoms with Crippen LogP contribution in [-0.4, -0.2) is 104 Å². The maximum absolute atomic E-state index is 13.2. The van der Waals surface area contributed by atoms with Crippen LogP contribution in [0.1, 0.15) is 137 Å². The van der Waals surface area contributed by atoms with Crippen LogP contribution in [0.25, 0.3) is 0 Å². The highest BCUT2D eigenvalue weighted by Crippen LogP contribution is 2.69. The van der Waals surface area contributed by atoms with Crippen LogP contribution in [0.5, 0.6) is 0 Å². The quantitative estimate of drug-likeness (QED) is 0.0519. The first kappa shape index (κ1) is 49.3. The molecule has 4 saturated carbocycles. The van der Waals surface area contributed by atoms with Crippen LogP contribution < -0.4 is 17.2 Å². The Balaban J connectivity index is 1.54. The molecule has 4 aliphatic rings. The fourth-order valence-electron chi connectivity index (χ4n) is 11.5. The highest BCUT2D eigenvalue weighted by Gasteiger charge is 2.67. The third-order valence-electron chi connectivity index (χ3n) is 14.5. The molecule has 0 amide bonds. The van der Waals surface area contributed by atoms with Gasteiger partial charge in [0.1, 0.15) is 18.8 Å². The molecule has 15 heteroatoms. The Morgan fingerprint density at radius 3 is 2.10 bits per heavy atom. The SMILES string of the molecule is CCCC(=O)OC(COC(=O)CC[C@@H](C)[C@H]1CC[C@H]2[C@@H]3[C@H](OC(=O)CCN)C[C@@H]4C[C@H](OC(=O)CCN)CC[C@]4(C)[C@H]3C[C@H](OC(O)CCN)[C@]12C)COC(O)CCC. The van der Waals surface area contributed by atoms with Crippen molar-refractivity contribution in [2.24, 2.45) is 63.5 Å². The zero-order valence-electron chi connectivity index (χ0n) is 36.5. The van der Waals surface area contributed by atoms with Crippen LogP contribution in [0.15, 0.2) is 0 Å². The Bertz CT molecular complexity index is 1360. The van der Waals surface area contributed by atoms with Gasteiger partial charge in [0.05, 0.1) is 25.6 Å². The van der Waals surface area contributed by atoms with Crippen LogP contribution >= 0.6 is 0 Å². The number of carbonyl (C=O) groups excluding carboxylic acids is 4. The summed E-state index contributed by atoms with van der Waals surface area (Å²) in [4.78, 5) is 51.2. The molecule has 8 N–H and O–H groups in total. The molecule has 4 aliphatic carbocycles. The lowest BCUT2D eigenvalue weighted by Crippen LogP contribution is -2.63. The third-order valence-corrected chi connectivity index (χ3v) is 14.5. The molecule has 4 fully saturated rings. The average Bonchev–Trinajstić information content (AvgIpc) is 3.54. The number of aliphatic hydroxyl groups excluding tert-OH is 2. The van der Waals surface area contributed by atoms with Crippen molar-refractivity contribution in [2.75, 3.05) is 32.8 Å². The summed E-state index contributed by atoms with van der Waals surface area (Å²) >= 11 is 0. The molecule has 0 radical (unpaired) electrons. The Morgan fingerprint density at radius 1 is 0.729 bits per heavy atom. The van der Waals surface area contributed by atoms with Crippen molar-refractivity contribution in [3.63, 3.8) is 0 Å². The number of fused-ring (bicyclic) bond motifs is 5. The molecule has 0 aromatic heterocycles. The van der Waals surface area contributed by atoms with Gasteiger partial charge >= 0.3 is 23.9 Å². The lowest BCUT2D eigenvalue weighted by Gasteiger charge is -2.64. The van der Waals surface area contributed by atoms with Crippen molar-refractivity contribution < 1.29 is 57.8 Å². The molecule has 3 unspecified atom stereocenters. The van der Waals surface area contributed by atoms with Crippen molar-refractivity contribution >= 4 is 23.9 Å². The molecular formula is C44H77N3O12. The van der Waals surface area contributed by atoms with Gasteiger partial charge < -0.3 is 55.8 Å². The minimum Gasteiger partial charge on any atom is -0.462 e. The Kier molecular flexibility index (Phi) is 19.3. The maximum atomic E-state index is 13.2. The lowest BCUT2D eigenvalue weighted by molar-refractivity contribution is -0.254. The van der Waals surface area contributed by atoms with E-state index in [1.807, 2.05) is 13.8 Å². The van der Waals surface area contributed by atoms with E-state index in [0.717, 1.165) is 32.1 Å². The van der Waals surface area contributed by atoms with Crippen molar-refractivity contribution in [1.82, 2.24) is 0 Å². The summed E-state index contributed by atoms with van der Waals surface area (Å²) in [5.74, 6) is -0.859. The van der Waals surface area contributed by atoms with Gasteiger partial charge in [0, 0.05) is 43.7 Å². The van der Waals surface area contributed by atoms with E-state index in [2.05, 4.69) is 20.8 Å². The van der Waals surface area contributed by atoms with Gasteiger partial charge in [-0.15, -0.1) is 0 Å². The lowest BCUT2D eigenvalue weighted by atomic mass is 9.43. The summed E-state index contributed by atoms with van der Waals surface area (Å²) in [6.45, 7) is 11.0. The second-order valence-electron chi connectivity index (χ2n) is 18.3. The molecular weight excluding hydrogens is 762 g/mol. The second kappa shape index (κ2) is 23.2. The molecule has 0 heterocycles. The summed E-state index contributed by atoms with van der Waals surface area (Å²) in [7, 11) is 0. The molecule has 0 bridgehead atoms. The van der Waals surface area contributed by atoms with Crippen LogP contribution in [0, 0.1) is 46.3 Å². The zero-order valence-corrected chi connectivity index (χ0v) is 36.5. The molecule has 340 valence electrons. The average molecular weight is 840 g/mol. The molecule has 0 aliphatic heterocycles. The van der Waals surface area contributed by atoms with Crippen LogP contribution in [-0.2, 0) is 47.6 Å². The van der Waals surface area contributed by atoms with Crippen LogP contribution in [0.2, 0.25) is 0 Å². The van der Waals surface area contributed by atoms with Crippen molar-refractivity contribution in [3.8, 4) is 0 Å². The first-order chi connectivity index (χ1) is 28.1. The predicted octanol–water partition coefficient (Wildman–Crippen LogP) is 4.25. The fourth-order valence-corrected chi connectivity index (χ4v) is 11.5. The number of rotatable bonds is 24. The zero-order chi connectivity index (χ0) is 43.3. The van der Waals surface area contributed by atoms with Crippen molar-refractivity contribution in [2.45, 2.75) is 174 Å². The van der Waals surface area contributed by atoms with Gasteiger partial charge in [-0.3, -0.25) is 19.2 Å². The molecule has 59 heavy (non-hydrogen) atoms. The molecule has 0 aromatic carbocycles. The molecule has 0 saturated heterocycles. The molecule has 14 atom stereocenters. The van der Waals surface area contributed by atoms with Crippen LogP contribution in [0.4, 0.5) is 0 Å². The molecule has 4 rings (SSSR count). The van der Waals surface area contributed by atoms with E-state index in [-0.39, 0.29) is 130 Å². The van der Waals surface area contributed by atoms with Gasteiger partial charge in [-0.05, 0) is 106 Å². The fraction of sp³-hybridized carbons (Fsp3) is 0.909. The first-order valence-electron chi connectivity index (χ1n) is 22.6. The Labute approximate surface area is 351 Å². The summed E-state index contributed by atoms with van der Waals surface area (Å²) in [5.41, 5.74) is 16.7. The summed E-state index contributed by atoms with van der Waals surface area (Å²) in [5, 5.41) is 21.2. The summed E-state index contributed by atoms with van der Waals surface area (Å²) in [6.07, 6.45) is 4.81. The van der Waals surface area contributed by atoms with Gasteiger partial charge in [-0.1, -0.05) is 41.0 Å².